The molecule has 2 N–H and O–H groups in total. The van der Waals surface area contributed by atoms with Gasteiger partial charge in [0, 0.05) is 12.3 Å². The van der Waals surface area contributed by atoms with E-state index in [1.165, 1.54) is 36.4 Å². The first-order valence-corrected chi connectivity index (χ1v) is 10.7. The number of hydrogen-bond donors (Lipinski definition) is 2. The van der Waals surface area contributed by atoms with Crippen molar-refractivity contribution < 1.29 is 37.7 Å². The molecule has 4 atom stereocenters. The highest BCUT2D eigenvalue weighted by Gasteiger charge is 2.65. The Hall–Kier alpha value is -4.16. The molecule has 10 nitrogen and oxygen atoms in total. The summed E-state index contributed by atoms with van der Waals surface area (Å²) in [7, 11) is 0. The maximum Gasteiger partial charge on any atom is 0.338 e. The van der Waals surface area contributed by atoms with Crippen LogP contribution >= 0.6 is 0 Å². The van der Waals surface area contributed by atoms with E-state index in [1.807, 2.05) is 4.98 Å². The number of rotatable bonds is 7. The maximum atomic E-state index is 14.4. The maximum absolute atomic E-state index is 14.4. The van der Waals surface area contributed by atoms with Gasteiger partial charge in [-0.3, -0.25) is 14.3 Å². The first-order valence-electron chi connectivity index (χ1n) is 10.7. The SMILES string of the molecule is O=C(OC[C@H]1O[C@@H](n2ccc(=O)[nH]c2=O)[C@](O)(C(F)F)[C@@H]1OC(=O)c1ccccc1)c1ccccc1. The van der Waals surface area contributed by atoms with Crippen molar-refractivity contribution in [3.05, 3.63) is 105 Å². The fraction of sp³-hybridized carbons (Fsp3) is 0.250. The zero-order valence-corrected chi connectivity index (χ0v) is 18.5. The van der Waals surface area contributed by atoms with Crippen molar-refractivity contribution in [2.24, 2.45) is 0 Å². The molecule has 0 aliphatic carbocycles. The smallest absolute Gasteiger partial charge is 0.338 e. The number of aliphatic hydroxyl groups is 1. The van der Waals surface area contributed by atoms with Gasteiger partial charge in [-0.15, -0.1) is 0 Å². The summed E-state index contributed by atoms with van der Waals surface area (Å²) in [6.07, 6.45) is -8.51. The summed E-state index contributed by atoms with van der Waals surface area (Å²) in [5, 5.41) is 11.1. The van der Waals surface area contributed by atoms with E-state index in [1.54, 1.807) is 24.3 Å². The number of halogens is 2. The number of aromatic nitrogens is 2. The van der Waals surface area contributed by atoms with Crippen molar-refractivity contribution >= 4 is 11.9 Å². The Kier molecular flexibility index (Phi) is 7.08. The number of carbonyl (C=O) groups excluding carboxylic acids is 2. The second kappa shape index (κ2) is 10.2. The van der Waals surface area contributed by atoms with Crippen molar-refractivity contribution in [3.8, 4) is 0 Å². The highest BCUT2D eigenvalue weighted by Crippen LogP contribution is 2.44. The molecule has 1 saturated heterocycles. The van der Waals surface area contributed by atoms with Crippen molar-refractivity contribution in [2.75, 3.05) is 6.61 Å². The van der Waals surface area contributed by atoms with E-state index in [-0.39, 0.29) is 11.1 Å². The monoisotopic (exact) mass is 502 g/mol. The third-order valence-corrected chi connectivity index (χ3v) is 5.58. The molecule has 0 radical (unpaired) electrons. The van der Waals surface area contributed by atoms with E-state index in [9.17, 15) is 33.1 Å². The Morgan fingerprint density at radius 3 is 2.14 bits per heavy atom. The van der Waals surface area contributed by atoms with Crippen LogP contribution in [0.15, 0.2) is 82.5 Å². The molecular formula is C24H20F2N2O8. The van der Waals surface area contributed by atoms with Crippen LogP contribution in [0.5, 0.6) is 0 Å². The highest BCUT2D eigenvalue weighted by molar-refractivity contribution is 5.90. The number of ether oxygens (including phenoxy) is 3. The number of carbonyl (C=O) groups is 2. The van der Waals surface area contributed by atoms with Crippen LogP contribution < -0.4 is 11.2 Å². The second-order valence-electron chi connectivity index (χ2n) is 7.89. The lowest BCUT2D eigenvalue weighted by Gasteiger charge is -2.32. The van der Waals surface area contributed by atoms with Crippen molar-refractivity contribution in [2.45, 2.75) is 30.5 Å². The number of aromatic amines is 1. The highest BCUT2D eigenvalue weighted by atomic mass is 19.3. The van der Waals surface area contributed by atoms with Gasteiger partial charge in [0.1, 0.15) is 12.7 Å². The van der Waals surface area contributed by atoms with E-state index in [4.69, 9.17) is 14.2 Å². The zero-order valence-electron chi connectivity index (χ0n) is 18.5. The molecule has 0 saturated carbocycles. The van der Waals surface area contributed by atoms with Gasteiger partial charge in [-0.25, -0.2) is 23.2 Å². The predicted molar refractivity (Wildman–Crippen MR) is 119 cm³/mol. The minimum atomic E-state index is -3.59. The molecule has 0 amide bonds. The van der Waals surface area contributed by atoms with Gasteiger partial charge in [0.15, 0.2) is 12.3 Å². The van der Waals surface area contributed by atoms with Crippen LogP contribution in [0.4, 0.5) is 8.78 Å². The lowest BCUT2D eigenvalue weighted by molar-refractivity contribution is -0.186. The summed E-state index contributed by atoms with van der Waals surface area (Å²) < 4.78 is 45.3. The van der Waals surface area contributed by atoms with E-state index in [0.29, 0.717) is 4.57 Å². The number of H-pyrrole nitrogens is 1. The minimum absolute atomic E-state index is 0.00111. The molecule has 4 rings (SSSR count). The minimum Gasteiger partial charge on any atom is -0.459 e. The summed E-state index contributed by atoms with van der Waals surface area (Å²) in [6.45, 7) is -0.704. The van der Waals surface area contributed by atoms with Crippen molar-refractivity contribution in [3.63, 3.8) is 0 Å². The molecule has 1 aliphatic heterocycles. The summed E-state index contributed by atoms with van der Waals surface area (Å²) in [5.41, 5.74) is -5.06. The molecule has 0 spiro atoms. The van der Waals surface area contributed by atoms with E-state index in [0.717, 1.165) is 12.3 Å². The van der Waals surface area contributed by atoms with E-state index >= 15 is 0 Å². The molecule has 12 heteroatoms. The van der Waals surface area contributed by atoms with Crippen molar-refractivity contribution in [1.82, 2.24) is 9.55 Å². The largest absolute Gasteiger partial charge is 0.459 e. The van der Waals surface area contributed by atoms with E-state index in [2.05, 4.69) is 0 Å². The van der Waals surface area contributed by atoms with Gasteiger partial charge >= 0.3 is 17.6 Å². The molecule has 0 bridgehead atoms. The Balaban J connectivity index is 1.69. The molecule has 2 heterocycles. The molecule has 3 aromatic rings. The van der Waals surface area contributed by atoms with Gasteiger partial charge < -0.3 is 19.3 Å². The first kappa shape index (κ1) is 24.9. The van der Waals surface area contributed by atoms with Crippen molar-refractivity contribution in [1.29, 1.82) is 0 Å². The number of hydrogen-bond acceptors (Lipinski definition) is 8. The van der Waals surface area contributed by atoms with Crippen LogP contribution in [-0.2, 0) is 14.2 Å². The lowest BCUT2D eigenvalue weighted by Crippen LogP contribution is -2.55. The van der Waals surface area contributed by atoms with Gasteiger partial charge in [0.05, 0.1) is 11.1 Å². The number of esters is 2. The molecule has 0 unspecified atom stereocenters. The number of nitrogens with one attached hydrogen (secondary N) is 1. The topological polar surface area (TPSA) is 137 Å². The average molecular weight is 502 g/mol. The molecule has 36 heavy (non-hydrogen) atoms. The van der Waals surface area contributed by atoms with Gasteiger partial charge in [-0.2, -0.15) is 0 Å². The summed E-state index contributed by atoms with van der Waals surface area (Å²) in [6, 6.07) is 16.0. The van der Waals surface area contributed by atoms with Crippen LogP contribution in [0, 0.1) is 0 Å². The average Bonchev–Trinajstić information content (AvgIpc) is 3.16. The standard InChI is InChI=1S/C24H20F2N2O8/c25-21(26)24(33)18(36-20(31)15-9-5-2-6-10-15)16(13-34-19(30)14-7-3-1-4-8-14)35-22(24)28-12-11-17(29)27-23(28)32/h1-12,16,18,21-22,33H,13H2,(H,27,29,32)/t16-,18-,22-,24-/m1/s1. The fourth-order valence-electron chi connectivity index (χ4n) is 3.79. The lowest BCUT2D eigenvalue weighted by atomic mass is 9.94. The van der Waals surface area contributed by atoms with Crippen LogP contribution in [0.3, 0.4) is 0 Å². The predicted octanol–water partition coefficient (Wildman–Crippen LogP) is 1.51. The Labute approximate surface area is 201 Å². The molecule has 1 aliphatic rings. The Morgan fingerprint density at radius 1 is 1.00 bits per heavy atom. The normalized spacial score (nSPS) is 23.4. The summed E-state index contributed by atoms with van der Waals surface area (Å²) in [5.74, 6) is -1.88. The summed E-state index contributed by atoms with van der Waals surface area (Å²) >= 11 is 0. The van der Waals surface area contributed by atoms with Crippen LogP contribution in [0.25, 0.3) is 0 Å². The summed E-state index contributed by atoms with van der Waals surface area (Å²) in [4.78, 5) is 50.8. The number of benzene rings is 2. The van der Waals surface area contributed by atoms with Gasteiger partial charge in [-0.05, 0) is 24.3 Å². The van der Waals surface area contributed by atoms with E-state index < -0.39 is 60.3 Å². The molecule has 1 fully saturated rings. The number of nitrogens with zero attached hydrogens (tertiary/aromatic N) is 1. The Bertz CT molecular complexity index is 1350. The third kappa shape index (κ3) is 4.81. The second-order valence-corrected chi connectivity index (χ2v) is 7.89. The molecular weight excluding hydrogens is 482 g/mol. The molecule has 188 valence electrons. The van der Waals surface area contributed by atoms with Gasteiger partial charge in [0.2, 0.25) is 5.60 Å². The quantitative estimate of drug-likeness (QED) is 0.464. The Morgan fingerprint density at radius 2 is 1.58 bits per heavy atom. The van der Waals surface area contributed by atoms with Crippen LogP contribution in [0.1, 0.15) is 26.9 Å². The van der Waals surface area contributed by atoms with Crippen LogP contribution in [-0.4, -0.2) is 57.4 Å². The first-order chi connectivity index (χ1) is 17.2. The third-order valence-electron chi connectivity index (χ3n) is 5.58. The van der Waals surface area contributed by atoms with Gasteiger partial charge in [0.25, 0.3) is 12.0 Å². The van der Waals surface area contributed by atoms with Gasteiger partial charge in [-0.1, -0.05) is 36.4 Å². The molecule has 2 aromatic carbocycles. The number of alkyl halides is 2. The zero-order chi connectivity index (χ0) is 25.9. The molecule has 1 aromatic heterocycles. The fourth-order valence-corrected chi connectivity index (χ4v) is 3.79. The van der Waals surface area contributed by atoms with Crippen LogP contribution in [0.2, 0.25) is 0 Å².